The van der Waals surface area contributed by atoms with Crippen LogP contribution in [0.5, 0.6) is 11.5 Å². The second kappa shape index (κ2) is 7.88. The summed E-state index contributed by atoms with van der Waals surface area (Å²) in [4.78, 5) is 12.2. The van der Waals surface area contributed by atoms with Crippen LogP contribution in [0.2, 0.25) is 0 Å². The molecule has 1 aromatic rings. The van der Waals surface area contributed by atoms with Crippen LogP contribution in [0.1, 0.15) is 52.0 Å². The van der Waals surface area contributed by atoms with Crippen LogP contribution in [-0.2, 0) is 11.3 Å². The largest absolute Gasteiger partial charge is 0.497 e. The van der Waals surface area contributed by atoms with E-state index in [4.69, 9.17) is 15.2 Å². The van der Waals surface area contributed by atoms with Gasteiger partial charge in [0.2, 0.25) is 5.91 Å². The smallest absolute Gasteiger partial charge is 0.237 e. The molecule has 0 heterocycles. The van der Waals surface area contributed by atoms with Gasteiger partial charge in [-0.1, -0.05) is 20.8 Å². The average Bonchev–Trinajstić information content (AvgIpc) is 3.04. The Balaban J connectivity index is 2.06. The molecule has 1 aliphatic carbocycles. The molecule has 0 aromatic heterocycles. The van der Waals surface area contributed by atoms with Gasteiger partial charge in [-0.25, -0.2) is 0 Å². The van der Waals surface area contributed by atoms with Crippen molar-refractivity contribution in [2.75, 3.05) is 7.11 Å². The number of carbonyl (C=O) groups excluding carboxylic acids is 1. The van der Waals surface area contributed by atoms with Crippen molar-refractivity contribution in [3.63, 3.8) is 0 Å². The standard InChI is InChI=1S/C19H30N2O3/c1-19(2,3)17(20)18(22)21-12-13-9-10-15(23-4)11-16(13)24-14-7-5-6-8-14/h9-11,14,17H,5-8,12,20H2,1-4H3,(H,21,22)/t17-/m1/s1. The van der Waals surface area contributed by atoms with Gasteiger partial charge in [0.05, 0.1) is 19.3 Å². The third-order valence-corrected chi connectivity index (χ3v) is 4.54. The van der Waals surface area contributed by atoms with E-state index in [1.165, 1.54) is 12.8 Å². The topological polar surface area (TPSA) is 73.6 Å². The summed E-state index contributed by atoms with van der Waals surface area (Å²) in [5.74, 6) is 1.39. The lowest BCUT2D eigenvalue weighted by molar-refractivity contribution is -0.124. The molecule has 1 saturated carbocycles. The van der Waals surface area contributed by atoms with Crippen LogP contribution in [0, 0.1) is 5.41 Å². The molecule has 5 heteroatoms. The molecule has 1 aliphatic rings. The minimum Gasteiger partial charge on any atom is -0.497 e. The third kappa shape index (κ3) is 4.87. The molecule has 0 saturated heterocycles. The Morgan fingerprint density at radius 3 is 2.58 bits per heavy atom. The molecular weight excluding hydrogens is 304 g/mol. The zero-order valence-electron chi connectivity index (χ0n) is 15.2. The summed E-state index contributed by atoms with van der Waals surface area (Å²) in [6.45, 7) is 6.27. The van der Waals surface area contributed by atoms with Gasteiger partial charge in [0.25, 0.3) is 0 Å². The minimum absolute atomic E-state index is 0.148. The molecule has 1 fully saturated rings. The molecule has 3 N–H and O–H groups in total. The van der Waals surface area contributed by atoms with E-state index in [1.54, 1.807) is 7.11 Å². The van der Waals surface area contributed by atoms with Crippen LogP contribution in [0.25, 0.3) is 0 Å². The lowest BCUT2D eigenvalue weighted by Gasteiger charge is -2.26. The summed E-state index contributed by atoms with van der Waals surface area (Å²) < 4.78 is 11.4. The van der Waals surface area contributed by atoms with E-state index in [0.29, 0.717) is 6.54 Å². The number of amides is 1. The summed E-state index contributed by atoms with van der Waals surface area (Å²) in [5.41, 5.74) is 6.68. The lowest BCUT2D eigenvalue weighted by Crippen LogP contribution is -2.48. The van der Waals surface area contributed by atoms with Crippen molar-refractivity contribution in [1.82, 2.24) is 5.32 Å². The Labute approximate surface area is 144 Å². The van der Waals surface area contributed by atoms with Gasteiger partial charge >= 0.3 is 0 Å². The molecule has 1 atom stereocenters. The van der Waals surface area contributed by atoms with Crippen LogP contribution >= 0.6 is 0 Å². The maximum Gasteiger partial charge on any atom is 0.237 e. The molecule has 2 rings (SSSR count). The zero-order valence-corrected chi connectivity index (χ0v) is 15.2. The zero-order chi connectivity index (χ0) is 17.7. The number of methoxy groups -OCH3 is 1. The lowest BCUT2D eigenvalue weighted by atomic mass is 9.87. The highest BCUT2D eigenvalue weighted by Crippen LogP contribution is 2.30. The van der Waals surface area contributed by atoms with E-state index in [-0.39, 0.29) is 17.4 Å². The van der Waals surface area contributed by atoms with E-state index in [1.807, 2.05) is 39.0 Å². The molecule has 0 aliphatic heterocycles. The molecule has 0 spiro atoms. The summed E-state index contributed by atoms with van der Waals surface area (Å²) in [6, 6.07) is 5.16. The Hall–Kier alpha value is -1.75. The number of nitrogens with one attached hydrogen (secondary N) is 1. The number of carbonyl (C=O) groups is 1. The van der Waals surface area contributed by atoms with Crippen molar-refractivity contribution in [2.45, 2.75) is 65.1 Å². The van der Waals surface area contributed by atoms with Crippen molar-refractivity contribution in [2.24, 2.45) is 11.1 Å². The molecule has 1 amide bonds. The van der Waals surface area contributed by atoms with Gasteiger partial charge in [0.1, 0.15) is 11.5 Å². The van der Waals surface area contributed by atoms with Crippen LogP contribution in [-0.4, -0.2) is 25.2 Å². The van der Waals surface area contributed by atoms with Crippen LogP contribution < -0.4 is 20.5 Å². The van der Waals surface area contributed by atoms with Crippen molar-refractivity contribution >= 4 is 5.91 Å². The third-order valence-electron chi connectivity index (χ3n) is 4.54. The van der Waals surface area contributed by atoms with Gasteiger partial charge < -0.3 is 20.5 Å². The molecule has 0 unspecified atom stereocenters. The van der Waals surface area contributed by atoms with Gasteiger partial charge in [0, 0.05) is 18.2 Å². The van der Waals surface area contributed by atoms with Crippen molar-refractivity contribution < 1.29 is 14.3 Å². The van der Waals surface area contributed by atoms with Gasteiger partial charge in [0.15, 0.2) is 0 Å². The summed E-state index contributed by atoms with van der Waals surface area (Å²) in [5, 5.41) is 2.92. The second-order valence-electron chi connectivity index (χ2n) is 7.56. The first-order chi connectivity index (χ1) is 11.3. The van der Waals surface area contributed by atoms with Gasteiger partial charge in [-0.3, -0.25) is 4.79 Å². The van der Waals surface area contributed by atoms with Crippen molar-refractivity contribution in [3.05, 3.63) is 23.8 Å². The first-order valence-corrected chi connectivity index (χ1v) is 8.68. The molecule has 134 valence electrons. The van der Waals surface area contributed by atoms with E-state index in [0.717, 1.165) is 29.9 Å². The Morgan fingerprint density at radius 1 is 1.33 bits per heavy atom. The quantitative estimate of drug-likeness (QED) is 0.839. The van der Waals surface area contributed by atoms with Gasteiger partial charge in [-0.05, 0) is 43.2 Å². The van der Waals surface area contributed by atoms with E-state index in [2.05, 4.69) is 5.32 Å². The summed E-state index contributed by atoms with van der Waals surface area (Å²) >= 11 is 0. The molecule has 5 nitrogen and oxygen atoms in total. The summed E-state index contributed by atoms with van der Waals surface area (Å²) in [6.07, 6.45) is 4.83. The van der Waals surface area contributed by atoms with Crippen LogP contribution in [0.15, 0.2) is 18.2 Å². The fraction of sp³-hybridized carbons (Fsp3) is 0.632. The number of hydrogen-bond donors (Lipinski definition) is 2. The highest BCUT2D eigenvalue weighted by Gasteiger charge is 2.27. The highest BCUT2D eigenvalue weighted by molar-refractivity contribution is 5.82. The molecule has 24 heavy (non-hydrogen) atoms. The average molecular weight is 334 g/mol. The van der Waals surface area contributed by atoms with Gasteiger partial charge in [-0.15, -0.1) is 0 Å². The predicted octanol–water partition coefficient (Wildman–Crippen LogP) is 3.01. The van der Waals surface area contributed by atoms with E-state index in [9.17, 15) is 4.79 Å². The number of hydrogen-bond acceptors (Lipinski definition) is 4. The van der Waals surface area contributed by atoms with Crippen molar-refractivity contribution in [1.29, 1.82) is 0 Å². The maximum atomic E-state index is 12.2. The van der Waals surface area contributed by atoms with E-state index < -0.39 is 6.04 Å². The number of rotatable bonds is 6. The highest BCUT2D eigenvalue weighted by atomic mass is 16.5. The van der Waals surface area contributed by atoms with Crippen LogP contribution in [0.3, 0.4) is 0 Å². The first-order valence-electron chi connectivity index (χ1n) is 8.68. The molecule has 0 bridgehead atoms. The fourth-order valence-corrected chi connectivity index (χ4v) is 2.79. The predicted molar refractivity (Wildman–Crippen MR) is 95.2 cm³/mol. The Bertz CT molecular complexity index is 560. The molecule has 0 radical (unpaired) electrons. The Morgan fingerprint density at radius 2 is 2.00 bits per heavy atom. The number of benzene rings is 1. The van der Waals surface area contributed by atoms with Crippen molar-refractivity contribution in [3.8, 4) is 11.5 Å². The van der Waals surface area contributed by atoms with Gasteiger partial charge in [-0.2, -0.15) is 0 Å². The normalized spacial score (nSPS) is 16.7. The first kappa shape index (κ1) is 18.6. The molecule has 1 aromatic carbocycles. The SMILES string of the molecule is COc1ccc(CNC(=O)[C@@H](N)C(C)(C)C)c(OC2CCCC2)c1. The molecular formula is C19H30N2O3. The minimum atomic E-state index is -0.546. The van der Waals surface area contributed by atoms with Crippen LogP contribution in [0.4, 0.5) is 0 Å². The monoisotopic (exact) mass is 334 g/mol. The maximum absolute atomic E-state index is 12.2. The van der Waals surface area contributed by atoms with E-state index >= 15 is 0 Å². The summed E-state index contributed by atoms with van der Waals surface area (Å²) in [7, 11) is 1.64. The fourth-order valence-electron chi connectivity index (χ4n) is 2.79. The Kier molecular flexibility index (Phi) is 6.10. The number of ether oxygens (including phenoxy) is 2. The number of nitrogens with two attached hydrogens (primary N) is 1. The second-order valence-corrected chi connectivity index (χ2v) is 7.56.